The van der Waals surface area contributed by atoms with Crippen LogP contribution in [0.4, 0.5) is 17.6 Å². The Morgan fingerprint density at radius 2 is 1.62 bits per heavy atom. The van der Waals surface area contributed by atoms with Crippen molar-refractivity contribution < 1.29 is 26.8 Å². The van der Waals surface area contributed by atoms with Crippen LogP contribution >= 0.6 is 0 Å². The molecule has 0 aliphatic rings. The van der Waals surface area contributed by atoms with E-state index in [0.717, 1.165) is 11.6 Å². The molecule has 4 rings (SSSR count). The highest BCUT2D eigenvalue weighted by Crippen LogP contribution is 2.32. The van der Waals surface area contributed by atoms with Gasteiger partial charge in [0, 0.05) is 13.1 Å². The lowest BCUT2D eigenvalue weighted by Gasteiger charge is -2.23. The predicted octanol–water partition coefficient (Wildman–Crippen LogP) is 6.53. The van der Waals surface area contributed by atoms with Gasteiger partial charge in [0.15, 0.2) is 5.69 Å². The molecule has 1 heterocycles. The lowest BCUT2D eigenvalue weighted by molar-refractivity contribution is -0.138. The summed E-state index contributed by atoms with van der Waals surface area (Å²) in [7, 11) is 0. The van der Waals surface area contributed by atoms with Crippen molar-refractivity contribution in [3.63, 3.8) is 0 Å². The van der Waals surface area contributed by atoms with Crippen molar-refractivity contribution in [3.05, 3.63) is 125 Å². The van der Waals surface area contributed by atoms with Crippen molar-refractivity contribution in [2.24, 2.45) is 0 Å². The number of rotatable bonds is 9. The number of oxazole rings is 1. The number of halogens is 4. The Kier molecular flexibility index (Phi) is 8.03. The van der Waals surface area contributed by atoms with E-state index in [1.54, 1.807) is 23.1 Å². The van der Waals surface area contributed by atoms with E-state index in [9.17, 15) is 22.4 Å². The van der Waals surface area contributed by atoms with Crippen molar-refractivity contribution in [2.75, 3.05) is 0 Å². The maximum atomic E-state index is 13.6. The Bertz CT molecular complexity index is 1320. The zero-order valence-electron chi connectivity index (χ0n) is 20.0. The normalized spacial score (nSPS) is 12.5. The van der Waals surface area contributed by atoms with Crippen molar-refractivity contribution in [2.45, 2.75) is 38.8 Å². The molecule has 9 heteroatoms. The number of carbonyl (C=O) groups is 1. The van der Waals surface area contributed by atoms with Crippen LogP contribution in [0, 0.1) is 5.82 Å². The zero-order chi connectivity index (χ0) is 26.4. The van der Waals surface area contributed by atoms with Gasteiger partial charge in [-0.05, 0) is 41.8 Å². The number of benzene rings is 3. The number of carbonyl (C=O) groups excluding carboxylic acids is 1. The fourth-order valence-corrected chi connectivity index (χ4v) is 3.97. The Morgan fingerprint density at radius 3 is 2.32 bits per heavy atom. The topological polar surface area (TPSA) is 58.4 Å². The SMILES string of the molecule is C[C@H](NC(=O)c1coc(CN(Cc2ccc(F)cc2)Cc2ccccc2C(F)(F)F)n1)c1ccccc1. The van der Waals surface area contributed by atoms with Gasteiger partial charge in [0.2, 0.25) is 5.89 Å². The lowest BCUT2D eigenvalue weighted by Crippen LogP contribution is -2.27. The molecule has 1 atom stereocenters. The van der Waals surface area contributed by atoms with Crippen molar-refractivity contribution in [1.82, 2.24) is 15.2 Å². The van der Waals surface area contributed by atoms with E-state index in [4.69, 9.17) is 4.42 Å². The molecule has 192 valence electrons. The van der Waals surface area contributed by atoms with Crippen LogP contribution < -0.4 is 5.32 Å². The molecular weight excluding hydrogens is 486 g/mol. The Morgan fingerprint density at radius 1 is 0.946 bits per heavy atom. The molecule has 0 aliphatic heterocycles. The highest BCUT2D eigenvalue weighted by atomic mass is 19.4. The molecule has 3 aromatic carbocycles. The van der Waals surface area contributed by atoms with Gasteiger partial charge in [0.1, 0.15) is 12.1 Å². The molecule has 0 unspecified atom stereocenters. The van der Waals surface area contributed by atoms with Crippen molar-refractivity contribution >= 4 is 5.91 Å². The maximum absolute atomic E-state index is 13.6. The monoisotopic (exact) mass is 511 g/mol. The van der Waals surface area contributed by atoms with Gasteiger partial charge in [-0.1, -0.05) is 60.7 Å². The standard InChI is InChI=1S/C28H25F4N3O2/c1-19(21-7-3-2-4-8-21)33-27(36)25-18-37-26(34-25)17-35(15-20-11-13-23(29)14-12-20)16-22-9-5-6-10-24(22)28(30,31)32/h2-14,18-19H,15-17H2,1H3,(H,33,36)/t19-/m0/s1. The largest absolute Gasteiger partial charge is 0.447 e. The number of alkyl halides is 3. The zero-order valence-corrected chi connectivity index (χ0v) is 20.0. The van der Waals surface area contributed by atoms with Crippen molar-refractivity contribution in [3.8, 4) is 0 Å². The number of nitrogens with one attached hydrogen (secondary N) is 1. The third-order valence-corrected chi connectivity index (χ3v) is 5.83. The Labute approximate surface area is 211 Å². The molecule has 0 radical (unpaired) electrons. The van der Waals surface area contributed by atoms with Crippen LogP contribution in [0.15, 0.2) is 89.5 Å². The second-order valence-corrected chi connectivity index (χ2v) is 8.66. The minimum Gasteiger partial charge on any atom is -0.447 e. The highest BCUT2D eigenvalue weighted by molar-refractivity contribution is 5.92. The summed E-state index contributed by atoms with van der Waals surface area (Å²) in [4.78, 5) is 18.6. The first-order chi connectivity index (χ1) is 17.7. The first-order valence-electron chi connectivity index (χ1n) is 11.6. The average Bonchev–Trinajstić information content (AvgIpc) is 3.34. The van der Waals surface area contributed by atoms with Crippen LogP contribution in [0.1, 0.15) is 51.6 Å². The highest BCUT2D eigenvalue weighted by Gasteiger charge is 2.33. The molecule has 0 bridgehead atoms. The Balaban J connectivity index is 1.52. The van der Waals surface area contributed by atoms with E-state index < -0.39 is 23.5 Å². The van der Waals surface area contributed by atoms with Gasteiger partial charge in [0.05, 0.1) is 18.2 Å². The molecule has 1 amide bonds. The van der Waals surface area contributed by atoms with Gasteiger partial charge < -0.3 is 9.73 Å². The van der Waals surface area contributed by atoms with E-state index in [1.807, 2.05) is 37.3 Å². The summed E-state index contributed by atoms with van der Waals surface area (Å²) in [5.74, 6) is -0.672. The maximum Gasteiger partial charge on any atom is 0.416 e. The van der Waals surface area contributed by atoms with Gasteiger partial charge in [-0.25, -0.2) is 9.37 Å². The average molecular weight is 512 g/mol. The van der Waals surface area contributed by atoms with Gasteiger partial charge in [-0.3, -0.25) is 9.69 Å². The molecule has 1 aromatic heterocycles. The molecular formula is C28H25F4N3O2. The molecule has 0 saturated carbocycles. The summed E-state index contributed by atoms with van der Waals surface area (Å²) in [6, 6.07) is 20.2. The minimum absolute atomic E-state index is 0.0328. The van der Waals surface area contributed by atoms with Crippen LogP contribution in [0.25, 0.3) is 0 Å². The summed E-state index contributed by atoms with van der Waals surface area (Å²) in [5, 5.41) is 2.85. The van der Waals surface area contributed by atoms with Crippen LogP contribution in [0.3, 0.4) is 0 Å². The van der Waals surface area contributed by atoms with Crippen LogP contribution in [0.2, 0.25) is 0 Å². The Hall–Kier alpha value is -3.98. The van der Waals surface area contributed by atoms with Gasteiger partial charge in [-0.2, -0.15) is 13.2 Å². The molecule has 0 aliphatic carbocycles. The smallest absolute Gasteiger partial charge is 0.416 e. The summed E-state index contributed by atoms with van der Waals surface area (Å²) < 4.78 is 59.6. The number of aromatic nitrogens is 1. The van der Waals surface area contributed by atoms with Gasteiger partial charge in [0.25, 0.3) is 5.91 Å². The third-order valence-electron chi connectivity index (χ3n) is 5.83. The van der Waals surface area contributed by atoms with Crippen LogP contribution in [-0.4, -0.2) is 15.8 Å². The first-order valence-corrected chi connectivity index (χ1v) is 11.6. The quantitative estimate of drug-likeness (QED) is 0.260. The lowest BCUT2D eigenvalue weighted by atomic mass is 10.1. The summed E-state index contributed by atoms with van der Waals surface area (Å²) in [6.07, 6.45) is -3.29. The van der Waals surface area contributed by atoms with Crippen molar-refractivity contribution in [1.29, 1.82) is 0 Å². The molecule has 0 fully saturated rings. The molecule has 37 heavy (non-hydrogen) atoms. The second kappa shape index (κ2) is 11.4. The van der Waals surface area contributed by atoms with E-state index in [0.29, 0.717) is 5.56 Å². The number of hydrogen-bond acceptors (Lipinski definition) is 4. The fourth-order valence-electron chi connectivity index (χ4n) is 3.97. The molecule has 4 aromatic rings. The number of hydrogen-bond donors (Lipinski definition) is 1. The molecule has 1 N–H and O–H groups in total. The van der Waals surface area contributed by atoms with E-state index in [-0.39, 0.29) is 42.8 Å². The van der Waals surface area contributed by atoms with Gasteiger partial charge >= 0.3 is 6.18 Å². The van der Waals surface area contributed by atoms with E-state index in [1.165, 1.54) is 30.5 Å². The molecule has 0 saturated heterocycles. The van der Waals surface area contributed by atoms with Gasteiger partial charge in [-0.15, -0.1) is 0 Å². The molecule has 0 spiro atoms. The number of amides is 1. The van der Waals surface area contributed by atoms with Crippen LogP contribution in [-0.2, 0) is 25.8 Å². The minimum atomic E-state index is -4.51. The summed E-state index contributed by atoms with van der Waals surface area (Å²) >= 11 is 0. The fraction of sp³-hybridized carbons (Fsp3) is 0.214. The first kappa shape index (κ1) is 26.1. The summed E-state index contributed by atoms with van der Waals surface area (Å²) in [6.45, 7) is 2.02. The second-order valence-electron chi connectivity index (χ2n) is 8.66. The van der Waals surface area contributed by atoms with Crippen LogP contribution in [0.5, 0.6) is 0 Å². The summed E-state index contributed by atoms with van der Waals surface area (Å²) in [5.41, 5.74) is 1.04. The molecule has 5 nitrogen and oxygen atoms in total. The number of nitrogens with zero attached hydrogens (tertiary/aromatic N) is 2. The van der Waals surface area contributed by atoms with E-state index in [2.05, 4.69) is 10.3 Å². The third kappa shape index (κ3) is 7.04. The van der Waals surface area contributed by atoms with E-state index >= 15 is 0 Å². The predicted molar refractivity (Wildman–Crippen MR) is 130 cm³/mol.